The molecule has 1 heterocycles. The Labute approximate surface area is 113 Å². The van der Waals surface area contributed by atoms with Gasteiger partial charge in [0.25, 0.3) is 0 Å². The van der Waals surface area contributed by atoms with Gasteiger partial charge in [0.2, 0.25) is 0 Å². The molecule has 114 valence electrons. The Balaban J connectivity index is 0.000000555. The molecule has 0 saturated carbocycles. The lowest BCUT2D eigenvalue weighted by molar-refractivity contribution is -1.92. The van der Waals surface area contributed by atoms with Crippen molar-refractivity contribution < 1.29 is 33.9 Å². The molecule has 0 spiro atoms. The second kappa shape index (κ2) is 9.23. The van der Waals surface area contributed by atoms with Crippen LogP contribution in [-0.4, -0.2) is 52.3 Å². The summed E-state index contributed by atoms with van der Waals surface area (Å²) < 4.78 is 32.7. The molecule has 0 aromatic rings. The summed E-state index contributed by atoms with van der Waals surface area (Å²) in [5.41, 5.74) is 0. The van der Waals surface area contributed by atoms with Crippen LogP contribution >= 0.6 is 0 Å². The van der Waals surface area contributed by atoms with Crippen molar-refractivity contribution in [1.82, 2.24) is 9.91 Å². The number of halogens is 1. The number of likely N-dealkylation sites (tertiary alicyclic amines) is 1. The highest BCUT2D eigenvalue weighted by Crippen LogP contribution is 2.07. The molecule has 0 aromatic carbocycles. The zero-order valence-corrected chi connectivity index (χ0v) is 11.6. The minimum Gasteiger partial charge on any atom is -0.301 e. The van der Waals surface area contributed by atoms with Crippen molar-refractivity contribution >= 4 is 0 Å². The summed E-state index contributed by atoms with van der Waals surface area (Å²) in [5, 5.41) is 11.5. The Morgan fingerprint density at radius 2 is 1.74 bits per heavy atom. The molecular weight excluding hydrogens is 282 g/mol. The summed E-state index contributed by atoms with van der Waals surface area (Å²) in [5.74, 6) is 0. The highest BCUT2D eigenvalue weighted by Gasteiger charge is 2.15. The first kappa shape index (κ1) is 18.3. The molecule has 0 amide bonds. The van der Waals surface area contributed by atoms with E-state index in [0.717, 1.165) is 19.6 Å². The average molecular weight is 302 g/mol. The van der Waals surface area contributed by atoms with Gasteiger partial charge in [0.15, 0.2) is 5.03 Å². The minimum atomic E-state index is -4.69. The first-order chi connectivity index (χ1) is 8.74. The lowest BCUT2D eigenvalue weighted by atomic mass is 10.1. The van der Waals surface area contributed by atoms with E-state index in [1.807, 2.05) is 6.92 Å². The Hall–Kier alpha value is -0.710. The summed E-state index contributed by atoms with van der Waals surface area (Å²) >= 11 is 0. The number of hydrogen-bond donors (Lipinski definition) is 1. The molecule has 1 aliphatic rings. The van der Waals surface area contributed by atoms with Gasteiger partial charge in [-0.2, -0.15) is 14.0 Å². The summed E-state index contributed by atoms with van der Waals surface area (Å²) in [4.78, 5) is 12.8. The number of nitrogens with zero attached hydrogens (tertiary/aromatic N) is 3. The van der Waals surface area contributed by atoms with Crippen molar-refractivity contribution in [3.8, 4) is 0 Å². The predicted octanol–water partition coefficient (Wildman–Crippen LogP) is -3.14. The molecule has 0 radical (unpaired) electrons. The number of piperidine rings is 1. The Morgan fingerprint density at radius 1 is 1.26 bits per heavy atom. The smallest absolute Gasteiger partial charge is 0.160 e. The number of likely N-dealkylation sites (N-methyl/N-ethyl adjacent to an activating group) is 1. The van der Waals surface area contributed by atoms with Crippen molar-refractivity contribution in [3.05, 3.63) is 10.1 Å². The van der Waals surface area contributed by atoms with Crippen LogP contribution in [0.25, 0.3) is 0 Å². The topological polar surface area (TPSA) is 139 Å². The minimum absolute atomic E-state index is 0.302. The fourth-order valence-corrected chi connectivity index (χ4v) is 1.80. The molecule has 0 aliphatic carbocycles. The van der Waals surface area contributed by atoms with Gasteiger partial charge in [0, 0.05) is 6.54 Å². The van der Waals surface area contributed by atoms with Crippen LogP contribution < -0.4 is 14.0 Å². The molecule has 10 heteroatoms. The molecule has 1 saturated heterocycles. The number of hydrogen-bond acceptors (Lipinski definition) is 7. The predicted molar refractivity (Wildman–Crippen MR) is 56.8 cm³/mol. The number of nitro groups is 1. The van der Waals surface area contributed by atoms with E-state index in [2.05, 4.69) is 4.90 Å². The first-order valence-electron chi connectivity index (χ1n) is 5.99. The van der Waals surface area contributed by atoms with Crippen molar-refractivity contribution in [1.29, 1.82) is 0 Å². The van der Waals surface area contributed by atoms with Gasteiger partial charge in [0.1, 0.15) is 0 Å². The van der Waals surface area contributed by atoms with Gasteiger partial charge in [-0.3, -0.25) is 0 Å². The van der Waals surface area contributed by atoms with E-state index >= 15 is 0 Å². The fourth-order valence-electron chi connectivity index (χ4n) is 1.80. The van der Waals surface area contributed by atoms with Gasteiger partial charge in [-0.15, -0.1) is 5.01 Å². The third-order valence-electron chi connectivity index (χ3n) is 2.72. The van der Waals surface area contributed by atoms with Crippen LogP contribution in [0, 0.1) is 20.4 Å². The zero-order valence-electron chi connectivity index (χ0n) is 10.9. The van der Waals surface area contributed by atoms with Crippen molar-refractivity contribution in [2.75, 3.05) is 32.7 Å². The zero-order chi connectivity index (χ0) is 14.9. The van der Waals surface area contributed by atoms with E-state index in [1.54, 1.807) is 0 Å². The van der Waals surface area contributed by atoms with Crippen LogP contribution in [0.2, 0.25) is 0 Å². The SMILES string of the molecule is CCN(CCN1CCCCC1)[N+](=O)[O-].[O-][Cl+3]([O-])([O-])O. The van der Waals surface area contributed by atoms with Crippen LogP contribution in [0.5, 0.6) is 0 Å². The van der Waals surface area contributed by atoms with Gasteiger partial charge in [0.05, 0.1) is 28.0 Å². The van der Waals surface area contributed by atoms with Gasteiger partial charge >= 0.3 is 0 Å². The Morgan fingerprint density at radius 3 is 2.11 bits per heavy atom. The Bertz CT molecular complexity index is 251. The molecule has 9 nitrogen and oxygen atoms in total. The van der Waals surface area contributed by atoms with Crippen LogP contribution in [0.15, 0.2) is 0 Å². The maximum absolute atomic E-state index is 10.5. The van der Waals surface area contributed by atoms with Gasteiger partial charge in [-0.05, 0) is 32.9 Å². The monoisotopic (exact) mass is 301 g/mol. The largest absolute Gasteiger partial charge is 0.301 e. The molecule has 0 atom stereocenters. The molecule has 1 rings (SSSR count). The fraction of sp³-hybridized carbons (Fsp3) is 1.00. The second-order valence-electron chi connectivity index (χ2n) is 4.08. The van der Waals surface area contributed by atoms with E-state index in [-0.39, 0.29) is 5.03 Å². The highest BCUT2D eigenvalue weighted by atomic mass is 35.7. The highest BCUT2D eigenvalue weighted by molar-refractivity contribution is 4.64. The van der Waals surface area contributed by atoms with Crippen LogP contribution in [0.1, 0.15) is 26.2 Å². The maximum Gasteiger partial charge on any atom is 0.160 e. The first-order valence-corrected chi connectivity index (χ1v) is 7.25. The third kappa shape index (κ3) is 12.1. The second-order valence-corrected chi connectivity index (χ2v) is 4.87. The van der Waals surface area contributed by atoms with E-state index in [4.69, 9.17) is 18.6 Å². The molecule has 0 bridgehead atoms. The average Bonchev–Trinajstić information content (AvgIpc) is 2.28. The molecule has 0 unspecified atom stereocenters. The van der Waals surface area contributed by atoms with Crippen LogP contribution in [0.3, 0.4) is 0 Å². The lowest BCUT2D eigenvalue weighted by Crippen LogP contribution is -2.58. The summed E-state index contributed by atoms with van der Waals surface area (Å²) in [6.07, 6.45) is 3.79. The third-order valence-corrected chi connectivity index (χ3v) is 2.72. The van der Waals surface area contributed by atoms with Crippen molar-refractivity contribution in [3.63, 3.8) is 0 Å². The van der Waals surface area contributed by atoms with Gasteiger partial charge in [-0.25, -0.2) is 10.1 Å². The van der Waals surface area contributed by atoms with Crippen molar-refractivity contribution in [2.24, 2.45) is 0 Å². The maximum atomic E-state index is 10.5. The van der Waals surface area contributed by atoms with Crippen molar-refractivity contribution in [2.45, 2.75) is 26.2 Å². The van der Waals surface area contributed by atoms with E-state index in [1.165, 1.54) is 24.3 Å². The quantitative estimate of drug-likeness (QED) is 0.415. The van der Waals surface area contributed by atoms with Gasteiger partial charge < -0.3 is 4.90 Å². The molecule has 1 aliphatic heterocycles. The summed E-state index contributed by atoms with van der Waals surface area (Å²) in [6.45, 7) is 5.89. The van der Waals surface area contributed by atoms with E-state index in [0.29, 0.717) is 13.1 Å². The van der Waals surface area contributed by atoms with Crippen LogP contribution in [0.4, 0.5) is 0 Å². The summed E-state index contributed by atoms with van der Waals surface area (Å²) in [6, 6.07) is 0. The van der Waals surface area contributed by atoms with Gasteiger partial charge in [-0.1, -0.05) is 6.42 Å². The Kier molecular flexibility index (Phi) is 8.89. The summed E-state index contributed by atoms with van der Waals surface area (Å²) in [7, 11) is -4.69. The molecule has 19 heavy (non-hydrogen) atoms. The van der Waals surface area contributed by atoms with E-state index < -0.39 is 10.2 Å². The number of rotatable bonds is 5. The van der Waals surface area contributed by atoms with E-state index in [9.17, 15) is 10.1 Å². The lowest BCUT2D eigenvalue weighted by Gasteiger charge is -2.27. The number of hydrazine groups is 1. The van der Waals surface area contributed by atoms with Crippen LogP contribution in [-0.2, 0) is 0 Å². The molecular formula is C9H20ClN3O6. The molecule has 0 aromatic heterocycles. The normalized spacial score (nSPS) is 16.5. The standard InChI is InChI=1S/C9H19N3O2.ClHO4/c1-2-11(12(13)14)9-8-10-6-4-3-5-7-10;2-1(3,4)5/h2-9H2,1H3;(H,2,3,4,5). The molecule has 1 fully saturated rings. The molecule has 1 N–H and O–H groups in total.